The molecule has 1 aliphatic rings. The third-order valence-electron chi connectivity index (χ3n) is 2.76. The molecule has 0 spiro atoms. The van der Waals surface area contributed by atoms with E-state index in [9.17, 15) is 4.79 Å². The lowest BCUT2D eigenvalue weighted by molar-refractivity contribution is 0.112. The Morgan fingerprint density at radius 2 is 2.27 bits per heavy atom. The van der Waals surface area contributed by atoms with Gasteiger partial charge in [-0.15, -0.1) is 0 Å². The summed E-state index contributed by atoms with van der Waals surface area (Å²) in [6.07, 6.45) is 5.00. The minimum Gasteiger partial charge on any atom is -0.327 e. The first-order valence-electron chi connectivity index (χ1n) is 4.91. The molecule has 2 aromatic rings. The zero-order valence-electron chi connectivity index (χ0n) is 7.98. The molecule has 1 saturated carbocycles. The summed E-state index contributed by atoms with van der Waals surface area (Å²) in [5, 5.41) is 0.500. The average Bonchev–Trinajstić information content (AvgIpc) is 2.99. The van der Waals surface area contributed by atoms with Gasteiger partial charge < -0.3 is 4.57 Å². The maximum absolute atomic E-state index is 10.7. The zero-order chi connectivity index (χ0) is 10.4. The molecule has 15 heavy (non-hydrogen) atoms. The highest BCUT2D eigenvalue weighted by molar-refractivity contribution is 6.33. The lowest BCUT2D eigenvalue weighted by atomic mass is 10.2. The maximum atomic E-state index is 10.7. The summed E-state index contributed by atoms with van der Waals surface area (Å²) in [5.41, 5.74) is 2.37. The van der Waals surface area contributed by atoms with E-state index in [1.807, 2.05) is 12.4 Å². The molecule has 3 rings (SSSR count). The Kier molecular flexibility index (Phi) is 1.83. The first-order valence-corrected chi connectivity index (χ1v) is 5.28. The SMILES string of the molecule is O=Cc1cc2ncn(C3CC3)c2cc1Cl. The number of halogens is 1. The smallest absolute Gasteiger partial charge is 0.151 e. The van der Waals surface area contributed by atoms with Crippen LogP contribution in [0.2, 0.25) is 5.02 Å². The van der Waals surface area contributed by atoms with Crippen molar-refractivity contribution >= 4 is 28.9 Å². The molecule has 1 aromatic carbocycles. The van der Waals surface area contributed by atoms with E-state index in [-0.39, 0.29) is 0 Å². The molecule has 1 aromatic heterocycles. The van der Waals surface area contributed by atoms with Gasteiger partial charge in [-0.1, -0.05) is 11.6 Å². The Balaban J connectivity index is 2.26. The topological polar surface area (TPSA) is 34.9 Å². The molecular formula is C11H9ClN2O. The number of aldehydes is 1. The lowest BCUT2D eigenvalue weighted by Gasteiger charge is -2.01. The predicted octanol–water partition coefficient (Wildman–Crippen LogP) is 2.84. The van der Waals surface area contributed by atoms with Crippen molar-refractivity contribution in [3.63, 3.8) is 0 Å². The highest BCUT2D eigenvalue weighted by Crippen LogP contribution is 2.37. The highest BCUT2D eigenvalue weighted by Gasteiger charge is 2.25. The Hall–Kier alpha value is -1.35. The molecule has 0 atom stereocenters. The van der Waals surface area contributed by atoms with Crippen LogP contribution in [0.5, 0.6) is 0 Å². The summed E-state index contributed by atoms with van der Waals surface area (Å²) < 4.78 is 2.13. The zero-order valence-corrected chi connectivity index (χ0v) is 8.74. The van der Waals surface area contributed by atoms with E-state index in [0.717, 1.165) is 17.3 Å². The molecular weight excluding hydrogens is 212 g/mol. The van der Waals surface area contributed by atoms with Gasteiger partial charge in [-0.2, -0.15) is 0 Å². The summed E-state index contributed by atoms with van der Waals surface area (Å²) >= 11 is 5.98. The number of hydrogen-bond acceptors (Lipinski definition) is 2. The number of imidazole rings is 1. The van der Waals surface area contributed by atoms with Crippen molar-refractivity contribution in [2.75, 3.05) is 0 Å². The molecule has 0 amide bonds. The molecule has 3 nitrogen and oxygen atoms in total. The van der Waals surface area contributed by atoms with Gasteiger partial charge in [0.05, 0.1) is 22.4 Å². The molecule has 4 heteroatoms. The fraction of sp³-hybridized carbons (Fsp3) is 0.273. The van der Waals surface area contributed by atoms with Crippen LogP contribution in [0.1, 0.15) is 29.2 Å². The first-order chi connectivity index (χ1) is 7.29. The summed E-state index contributed by atoms with van der Waals surface area (Å²) in [6, 6.07) is 4.14. The number of benzene rings is 1. The third-order valence-corrected chi connectivity index (χ3v) is 3.09. The van der Waals surface area contributed by atoms with Gasteiger partial charge in [0.1, 0.15) is 0 Å². The van der Waals surface area contributed by atoms with Crippen molar-refractivity contribution in [2.45, 2.75) is 18.9 Å². The number of hydrogen-bond donors (Lipinski definition) is 0. The number of rotatable bonds is 2. The van der Waals surface area contributed by atoms with Gasteiger partial charge in [-0.25, -0.2) is 4.98 Å². The van der Waals surface area contributed by atoms with E-state index in [1.165, 1.54) is 12.8 Å². The van der Waals surface area contributed by atoms with Crippen molar-refractivity contribution in [2.24, 2.45) is 0 Å². The van der Waals surface area contributed by atoms with Gasteiger partial charge >= 0.3 is 0 Å². The van der Waals surface area contributed by atoms with Gasteiger partial charge in [-0.3, -0.25) is 4.79 Å². The molecule has 76 valence electrons. The normalized spacial score (nSPS) is 15.8. The Morgan fingerprint density at radius 1 is 1.47 bits per heavy atom. The molecule has 0 aliphatic heterocycles. The van der Waals surface area contributed by atoms with E-state index in [2.05, 4.69) is 9.55 Å². The Labute approximate surface area is 91.7 Å². The second kappa shape index (κ2) is 3.07. The largest absolute Gasteiger partial charge is 0.327 e. The second-order valence-electron chi connectivity index (χ2n) is 3.86. The number of carbonyl (C=O) groups is 1. The van der Waals surface area contributed by atoms with Crippen molar-refractivity contribution in [1.29, 1.82) is 0 Å². The van der Waals surface area contributed by atoms with E-state index < -0.39 is 0 Å². The minimum atomic E-state index is 0.500. The monoisotopic (exact) mass is 220 g/mol. The van der Waals surface area contributed by atoms with Gasteiger partial charge in [0.25, 0.3) is 0 Å². The maximum Gasteiger partial charge on any atom is 0.151 e. The summed E-state index contributed by atoms with van der Waals surface area (Å²) in [7, 11) is 0. The third kappa shape index (κ3) is 1.35. The molecule has 0 saturated heterocycles. The molecule has 0 radical (unpaired) electrons. The van der Waals surface area contributed by atoms with Crippen LogP contribution in [0.15, 0.2) is 18.5 Å². The van der Waals surface area contributed by atoms with Crippen molar-refractivity contribution < 1.29 is 4.79 Å². The Morgan fingerprint density at radius 3 is 2.93 bits per heavy atom. The van der Waals surface area contributed by atoms with Crippen LogP contribution in [0, 0.1) is 0 Å². The van der Waals surface area contributed by atoms with E-state index in [1.54, 1.807) is 6.07 Å². The summed E-state index contributed by atoms with van der Waals surface area (Å²) in [6.45, 7) is 0. The van der Waals surface area contributed by atoms with Gasteiger partial charge in [0.2, 0.25) is 0 Å². The molecule has 1 fully saturated rings. The van der Waals surface area contributed by atoms with Crippen molar-refractivity contribution in [3.05, 3.63) is 29.0 Å². The highest BCUT2D eigenvalue weighted by atomic mass is 35.5. The van der Waals surface area contributed by atoms with Crippen LogP contribution >= 0.6 is 11.6 Å². The van der Waals surface area contributed by atoms with Crippen LogP contribution in [-0.4, -0.2) is 15.8 Å². The van der Waals surface area contributed by atoms with Gasteiger partial charge in [0, 0.05) is 11.6 Å². The van der Waals surface area contributed by atoms with Crippen LogP contribution in [0.3, 0.4) is 0 Å². The standard InChI is InChI=1S/C11H9ClN2O/c12-9-4-11-10(3-7(9)5-15)13-6-14(11)8-1-2-8/h3-6,8H,1-2H2. The quantitative estimate of drug-likeness (QED) is 0.730. The van der Waals surface area contributed by atoms with Crippen molar-refractivity contribution in [3.8, 4) is 0 Å². The molecule has 0 N–H and O–H groups in total. The number of aromatic nitrogens is 2. The second-order valence-corrected chi connectivity index (χ2v) is 4.27. The van der Waals surface area contributed by atoms with E-state index in [4.69, 9.17) is 11.6 Å². The molecule has 1 heterocycles. The van der Waals surface area contributed by atoms with Gasteiger partial charge in [-0.05, 0) is 25.0 Å². The van der Waals surface area contributed by atoms with Gasteiger partial charge in [0.15, 0.2) is 6.29 Å². The van der Waals surface area contributed by atoms with Crippen LogP contribution in [-0.2, 0) is 0 Å². The van der Waals surface area contributed by atoms with E-state index in [0.29, 0.717) is 16.6 Å². The van der Waals surface area contributed by atoms with Crippen LogP contribution < -0.4 is 0 Å². The molecule has 0 unspecified atom stereocenters. The molecule has 0 bridgehead atoms. The number of carbonyl (C=O) groups excluding carboxylic acids is 1. The summed E-state index contributed by atoms with van der Waals surface area (Å²) in [5.74, 6) is 0. The average molecular weight is 221 g/mol. The number of nitrogens with zero attached hydrogens (tertiary/aromatic N) is 2. The van der Waals surface area contributed by atoms with Crippen LogP contribution in [0.25, 0.3) is 11.0 Å². The Bertz CT molecular complexity index is 543. The fourth-order valence-corrected chi connectivity index (χ4v) is 2.00. The molecule has 1 aliphatic carbocycles. The van der Waals surface area contributed by atoms with Crippen molar-refractivity contribution in [1.82, 2.24) is 9.55 Å². The predicted molar refractivity (Wildman–Crippen MR) is 58.4 cm³/mol. The van der Waals surface area contributed by atoms with Crippen LogP contribution in [0.4, 0.5) is 0 Å². The summed E-state index contributed by atoms with van der Waals surface area (Å²) in [4.78, 5) is 15.0. The first kappa shape index (κ1) is 8.92. The fourth-order valence-electron chi connectivity index (χ4n) is 1.80. The van der Waals surface area contributed by atoms with E-state index >= 15 is 0 Å². The lowest BCUT2D eigenvalue weighted by Crippen LogP contribution is -1.91. The minimum absolute atomic E-state index is 0.500. The number of fused-ring (bicyclic) bond motifs is 1.